The summed E-state index contributed by atoms with van der Waals surface area (Å²) < 4.78 is 46.4. The molecule has 0 unspecified atom stereocenters. The zero-order chi connectivity index (χ0) is 22.0. The molecule has 0 radical (unpaired) electrons. The molecule has 1 aliphatic rings. The molecule has 7 nitrogen and oxygen atoms in total. The van der Waals surface area contributed by atoms with Crippen LogP contribution in [0.1, 0.15) is 32.3 Å². The van der Waals surface area contributed by atoms with Crippen LogP contribution in [-0.4, -0.2) is 62.0 Å². The van der Waals surface area contributed by atoms with E-state index in [1.807, 2.05) is 6.92 Å². The lowest BCUT2D eigenvalue weighted by Crippen LogP contribution is -2.49. The van der Waals surface area contributed by atoms with Gasteiger partial charge in [-0.25, -0.2) is 9.79 Å². The van der Waals surface area contributed by atoms with Gasteiger partial charge in [-0.3, -0.25) is 0 Å². The number of aliphatic imine (C=N–C) groups is 1. The molecule has 2 N–H and O–H groups in total. The molecule has 0 aliphatic carbocycles. The number of hydrogen-bond acceptors (Lipinski definition) is 4. The third-order valence-electron chi connectivity index (χ3n) is 4.45. The Morgan fingerprint density at radius 2 is 1.87 bits per heavy atom. The van der Waals surface area contributed by atoms with Crippen molar-refractivity contribution >= 4 is 12.1 Å². The van der Waals surface area contributed by atoms with Crippen molar-refractivity contribution in [3.05, 3.63) is 29.8 Å². The molecule has 2 rings (SSSR count). The predicted octanol–water partition coefficient (Wildman–Crippen LogP) is 3.30. The van der Waals surface area contributed by atoms with Gasteiger partial charge in [0.2, 0.25) is 0 Å². The van der Waals surface area contributed by atoms with Crippen LogP contribution in [0.2, 0.25) is 0 Å². The Morgan fingerprint density at radius 1 is 1.20 bits per heavy atom. The third kappa shape index (κ3) is 8.38. The van der Waals surface area contributed by atoms with Gasteiger partial charge in [-0.05, 0) is 44.4 Å². The van der Waals surface area contributed by atoms with E-state index in [0.717, 1.165) is 18.4 Å². The standard InChI is InChI=1S/C20H29F3N4O3/c1-3-24-18(26-16-9-11-27(12-10-16)19(28)29-4-2)25-13-15-5-7-17(8-6-15)30-14-20(21,22)23/h5-8,16H,3-4,9-14H2,1-2H3,(H2,24,25,26). The number of amides is 1. The number of hydrogen-bond donors (Lipinski definition) is 2. The summed E-state index contributed by atoms with van der Waals surface area (Å²) in [5, 5.41) is 6.56. The van der Waals surface area contributed by atoms with Crippen molar-refractivity contribution in [2.75, 3.05) is 32.8 Å². The molecule has 0 bridgehead atoms. The summed E-state index contributed by atoms with van der Waals surface area (Å²) >= 11 is 0. The van der Waals surface area contributed by atoms with Crippen molar-refractivity contribution in [1.82, 2.24) is 15.5 Å². The summed E-state index contributed by atoms with van der Waals surface area (Å²) in [6.45, 7) is 5.11. The van der Waals surface area contributed by atoms with Gasteiger partial charge in [0.15, 0.2) is 12.6 Å². The minimum Gasteiger partial charge on any atom is -0.484 e. The summed E-state index contributed by atoms with van der Waals surface area (Å²) in [5.41, 5.74) is 0.851. The first-order valence-corrected chi connectivity index (χ1v) is 10.1. The van der Waals surface area contributed by atoms with E-state index in [1.54, 1.807) is 24.0 Å². The number of piperidine rings is 1. The van der Waals surface area contributed by atoms with Gasteiger partial charge in [-0.15, -0.1) is 0 Å². The molecule has 1 fully saturated rings. The zero-order valence-electron chi connectivity index (χ0n) is 17.3. The van der Waals surface area contributed by atoms with Crippen molar-refractivity contribution in [3.8, 4) is 5.75 Å². The Labute approximate surface area is 174 Å². The molecule has 0 spiro atoms. The van der Waals surface area contributed by atoms with Crippen LogP contribution in [0.4, 0.5) is 18.0 Å². The highest BCUT2D eigenvalue weighted by Crippen LogP contribution is 2.19. The van der Waals surface area contributed by atoms with Crippen LogP contribution in [0.3, 0.4) is 0 Å². The van der Waals surface area contributed by atoms with Crippen LogP contribution in [0.25, 0.3) is 0 Å². The van der Waals surface area contributed by atoms with E-state index < -0.39 is 12.8 Å². The van der Waals surface area contributed by atoms with E-state index >= 15 is 0 Å². The molecular formula is C20H29F3N4O3. The van der Waals surface area contributed by atoms with E-state index in [1.165, 1.54) is 12.1 Å². The number of carbonyl (C=O) groups is 1. The van der Waals surface area contributed by atoms with Crippen molar-refractivity contribution in [2.45, 2.75) is 45.5 Å². The van der Waals surface area contributed by atoms with Gasteiger partial charge in [0.05, 0.1) is 13.2 Å². The summed E-state index contributed by atoms with van der Waals surface area (Å²) in [6, 6.07) is 6.57. The highest BCUT2D eigenvalue weighted by Gasteiger charge is 2.28. The van der Waals surface area contributed by atoms with Gasteiger partial charge in [0.25, 0.3) is 0 Å². The Balaban J connectivity index is 1.85. The zero-order valence-corrected chi connectivity index (χ0v) is 17.3. The Morgan fingerprint density at radius 3 is 2.43 bits per heavy atom. The van der Waals surface area contributed by atoms with Crippen molar-refractivity contribution in [3.63, 3.8) is 0 Å². The topological polar surface area (TPSA) is 75.2 Å². The Bertz CT molecular complexity index is 688. The van der Waals surface area contributed by atoms with Crippen LogP contribution in [0.5, 0.6) is 5.75 Å². The molecule has 0 atom stereocenters. The normalized spacial score (nSPS) is 15.6. The van der Waals surface area contributed by atoms with E-state index in [9.17, 15) is 18.0 Å². The summed E-state index contributed by atoms with van der Waals surface area (Å²) in [4.78, 5) is 18.0. The minimum atomic E-state index is -4.36. The second-order valence-corrected chi connectivity index (χ2v) is 6.85. The van der Waals surface area contributed by atoms with E-state index in [-0.39, 0.29) is 17.9 Å². The molecule has 1 heterocycles. The monoisotopic (exact) mass is 430 g/mol. The minimum absolute atomic E-state index is 0.165. The molecule has 1 aromatic rings. The molecule has 10 heteroatoms. The number of nitrogens with one attached hydrogen (secondary N) is 2. The molecule has 0 saturated carbocycles. The summed E-state index contributed by atoms with van der Waals surface area (Å²) in [5.74, 6) is 0.822. The van der Waals surface area contributed by atoms with Crippen LogP contribution in [0, 0.1) is 0 Å². The number of ether oxygens (including phenoxy) is 2. The average Bonchev–Trinajstić information content (AvgIpc) is 2.71. The molecule has 30 heavy (non-hydrogen) atoms. The van der Waals surface area contributed by atoms with Gasteiger partial charge in [-0.1, -0.05) is 12.1 Å². The first kappa shape index (κ1) is 23.6. The Kier molecular flexibility index (Phi) is 9.07. The lowest BCUT2D eigenvalue weighted by molar-refractivity contribution is -0.153. The maximum atomic E-state index is 12.2. The van der Waals surface area contributed by atoms with Crippen molar-refractivity contribution in [2.24, 2.45) is 4.99 Å². The van der Waals surface area contributed by atoms with Crippen LogP contribution in [-0.2, 0) is 11.3 Å². The number of halogens is 3. The van der Waals surface area contributed by atoms with E-state index in [4.69, 9.17) is 9.47 Å². The molecular weight excluding hydrogens is 401 g/mol. The highest BCUT2D eigenvalue weighted by atomic mass is 19.4. The molecule has 0 aromatic heterocycles. The number of benzene rings is 1. The fourth-order valence-corrected chi connectivity index (χ4v) is 2.96. The lowest BCUT2D eigenvalue weighted by atomic mass is 10.1. The molecule has 1 aromatic carbocycles. The highest BCUT2D eigenvalue weighted by molar-refractivity contribution is 5.80. The number of carbonyl (C=O) groups excluding carboxylic acids is 1. The average molecular weight is 430 g/mol. The van der Waals surface area contributed by atoms with Crippen LogP contribution < -0.4 is 15.4 Å². The lowest BCUT2D eigenvalue weighted by Gasteiger charge is -2.32. The molecule has 1 aliphatic heterocycles. The van der Waals surface area contributed by atoms with Gasteiger partial charge < -0.3 is 25.0 Å². The first-order chi connectivity index (χ1) is 14.3. The fourth-order valence-electron chi connectivity index (χ4n) is 2.96. The maximum absolute atomic E-state index is 12.2. The molecule has 1 saturated heterocycles. The second-order valence-electron chi connectivity index (χ2n) is 6.85. The number of rotatable bonds is 7. The number of nitrogens with zero attached hydrogens (tertiary/aromatic N) is 2. The van der Waals surface area contributed by atoms with Crippen molar-refractivity contribution in [1.29, 1.82) is 0 Å². The smallest absolute Gasteiger partial charge is 0.422 e. The predicted molar refractivity (Wildman–Crippen MR) is 108 cm³/mol. The molecule has 168 valence electrons. The Hall–Kier alpha value is -2.65. The number of likely N-dealkylation sites (tertiary alicyclic amines) is 1. The van der Waals surface area contributed by atoms with Gasteiger partial charge in [0, 0.05) is 25.7 Å². The van der Waals surface area contributed by atoms with E-state index in [2.05, 4.69) is 15.6 Å². The van der Waals surface area contributed by atoms with E-state index in [0.29, 0.717) is 38.7 Å². The number of guanidine groups is 1. The SMILES string of the molecule is CCNC(=NCc1ccc(OCC(F)(F)F)cc1)NC1CCN(C(=O)OCC)CC1. The fraction of sp³-hybridized carbons (Fsp3) is 0.600. The van der Waals surface area contributed by atoms with Gasteiger partial charge >= 0.3 is 12.3 Å². The first-order valence-electron chi connectivity index (χ1n) is 10.1. The summed E-state index contributed by atoms with van der Waals surface area (Å²) in [6.07, 6.45) is -3.07. The van der Waals surface area contributed by atoms with Crippen molar-refractivity contribution < 1.29 is 27.4 Å². The van der Waals surface area contributed by atoms with Crippen LogP contribution in [0.15, 0.2) is 29.3 Å². The maximum Gasteiger partial charge on any atom is 0.422 e. The largest absolute Gasteiger partial charge is 0.484 e. The second kappa shape index (κ2) is 11.5. The van der Waals surface area contributed by atoms with Gasteiger partial charge in [-0.2, -0.15) is 13.2 Å². The van der Waals surface area contributed by atoms with Gasteiger partial charge in [0.1, 0.15) is 5.75 Å². The molecule has 1 amide bonds. The third-order valence-corrected chi connectivity index (χ3v) is 4.45. The quantitative estimate of drug-likeness (QED) is 0.513. The summed E-state index contributed by atoms with van der Waals surface area (Å²) in [7, 11) is 0. The van der Waals surface area contributed by atoms with Crippen LogP contribution >= 0.6 is 0 Å². The number of alkyl halides is 3.